The highest BCUT2D eigenvalue weighted by Crippen LogP contribution is 2.39. The first-order valence-electron chi connectivity index (χ1n) is 4.27. The second kappa shape index (κ2) is 3.08. The van der Waals surface area contributed by atoms with Crippen LogP contribution in [-0.4, -0.2) is 29.4 Å². The van der Waals surface area contributed by atoms with E-state index in [0.717, 1.165) is 0 Å². The molecular weight excluding hydrogens is 184 g/mol. The molecule has 0 amide bonds. The van der Waals surface area contributed by atoms with Crippen molar-refractivity contribution in [1.29, 1.82) is 0 Å². The van der Waals surface area contributed by atoms with E-state index in [1.54, 1.807) is 18.2 Å². The van der Waals surface area contributed by atoms with Gasteiger partial charge in [-0.3, -0.25) is 0 Å². The van der Waals surface area contributed by atoms with Gasteiger partial charge in [-0.2, -0.15) is 0 Å². The van der Waals surface area contributed by atoms with Crippen LogP contribution in [0.2, 0.25) is 0 Å². The molecule has 1 aliphatic rings. The van der Waals surface area contributed by atoms with Crippen molar-refractivity contribution in [3.05, 3.63) is 35.4 Å². The molecule has 1 aliphatic heterocycles. The van der Waals surface area contributed by atoms with E-state index in [1.165, 1.54) is 6.07 Å². The molecule has 1 heterocycles. The Morgan fingerprint density at radius 2 is 2.14 bits per heavy atom. The van der Waals surface area contributed by atoms with Crippen molar-refractivity contribution in [2.24, 2.45) is 0 Å². The third-order valence-electron chi connectivity index (χ3n) is 2.40. The minimum absolute atomic E-state index is 0.183. The highest BCUT2D eigenvalue weighted by Gasteiger charge is 2.47. The summed E-state index contributed by atoms with van der Waals surface area (Å²) in [5, 5.41) is 18.0. The van der Waals surface area contributed by atoms with Crippen molar-refractivity contribution in [2.75, 3.05) is 13.2 Å². The Kier molecular flexibility index (Phi) is 2.02. The van der Waals surface area contributed by atoms with E-state index in [4.69, 9.17) is 14.9 Å². The molecule has 1 atom stereocenters. The quantitative estimate of drug-likeness (QED) is 0.691. The fourth-order valence-corrected chi connectivity index (χ4v) is 1.49. The second-order valence-corrected chi connectivity index (χ2v) is 3.29. The predicted molar refractivity (Wildman–Crippen MR) is 48.1 cm³/mol. The monoisotopic (exact) mass is 194 g/mol. The van der Waals surface area contributed by atoms with Crippen LogP contribution in [0, 0.1) is 0 Å². The van der Waals surface area contributed by atoms with E-state index >= 15 is 0 Å². The molecule has 1 fully saturated rings. The maximum Gasteiger partial charge on any atom is 0.336 e. The average Bonchev–Trinajstić information content (AvgIpc) is 2.98. The Morgan fingerprint density at radius 3 is 2.64 bits per heavy atom. The highest BCUT2D eigenvalue weighted by molar-refractivity contribution is 5.89. The SMILES string of the molecule is O=C(O)c1ccccc1C1(CO)CO1. The third kappa shape index (κ3) is 1.29. The highest BCUT2D eigenvalue weighted by atomic mass is 16.6. The minimum atomic E-state index is -0.996. The van der Waals surface area contributed by atoms with E-state index < -0.39 is 11.6 Å². The van der Waals surface area contributed by atoms with Gasteiger partial charge in [-0.1, -0.05) is 18.2 Å². The summed E-state index contributed by atoms with van der Waals surface area (Å²) in [6.07, 6.45) is 0. The minimum Gasteiger partial charge on any atom is -0.478 e. The number of rotatable bonds is 3. The van der Waals surface area contributed by atoms with Crippen molar-refractivity contribution in [3.63, 3.8) is 0 Å². The zero-order valence-corrected chi connectivity index (χ0v) is 7.43. The lowest BCUT2D eigenvalue weighted by molar-refractivity contribution is 0.0691. The number of hydrogen-bond acceptors (Lipinski definition) is 3. The molecule has 74 valence electrons. The van der Waals surface area contributed by atoms with E-state index in [9.17, 15) is 4.79 Å². The summed E-state index contributed by atoms with van der Waals surface area (Å²) in [5.74, 6) is -0.996. The summed E-state index contributed by atoms with van der Waals surface area (Å²) in [7, 11) is 0. The summed E-state index contributed by atoms with van der Waals surface area (Å²) in [6, 6.07) is 6.57. The largest absolute Gasteiger partial charge is 0.478 e. The van der Waals surface area contributed by atoms with Gasteiger partial charge in [-0.15, -0.1) is 0 Å². The smallest absolute Gasteiger partial charge is 0.336 e. The number of carboxylic acids is 1. The predicted octanol–water partition coefficient (Wildman–Crippen LogP) is 0.603. The van der Waals surface area contributed by atoms with Crippen LogP contribution in [0.25, 0.3) is 0 Å². The molecule has 0 saturated carbocycles. The zero-order valence-electron chi connectivity index (χ0n) is 7.43. The van der Waals surface area contributed by atoms with Crippen molar-refractivity contribution < 1.29 is 19.7 Å². The number of ether oxygens (including phenoxy) is 1. The maximum atomic E-state index is 10.9. The standard InChI is InChI=1S/C10H10O4/c11-5-10(6-14-10)8-4-2-1-3-7(8)9(12)13/h1-4,11H,5-6H2,(H,12,13). The Balaban J connectivity index is 2.47. The average molecular weight is 194 g/mol. The van der Waals surface area contributed by atoms with E-state index in [1.807, 2.05) is 0 Å². The normalized spacial score (nSPS) is 24.6. The Labute approximate surface area is 80.7 Å². The van der Waals surface area contributed by atoms with Gasteiger partial charge in [0.2, 0.25) is 0 Å². The number of hydrogen-bond donors (Lipinski definition) is 2. The third-order valence-corrected chi connectivity index (χ3v) is 2.40. The van der Waals surface area contributed by atoms with Gasteiger partial charge in [0.15, 0.2) is 0 Å². The second-order valence-electron chi connectivity index (χ2n) is 3.29. The molecule has 0 spiro atoms. The summed E-state index contributed by atoms with van der Waals surface area (Å²) < 4.78 is 5.11. The molecule has 4 nitrogen and oxygen atoms in total. The van der Waals surface area contributed by atoms with Gasteiger partial charge in [-0.05, 0) is 6.07 Å². The topological polar surface area (TPSA) is 70.1 Å². The molecule has 0 aliphatic carbocycles. The molecule has 2 N–H and O–H groups in total. The number of aliphatic hydroxyl groups is 1. The van der Waals surface area contributed by atoms with Gasteiger partial charge in [0.05, 0.1) is 18.8 Å². The lowest BCUT2D eigenvalue weighted by atomic mass is 9.95. The van der Waals surface area contributed by atoms with Crippen molar-refractivity contribution in [2.45, 2.75) is 5.60 Å². The molecule has 0 bridgehead atoms. The first-order chi connectivity index (χ1) is 6.69. The molecule has 1 aromatic carbocycles. The number of benzene rings is 1. The first kappa shape index (κ1) is 9.18. The molecule has 0 aromatic heterocycles. The fraction of sp³-hybridized carbons (Fsp3) is 0.300. The number of carboxylic acid groups (broad SMARTS) is 1. The van der Waals surface area contributed by atoms with Gasteiger partial charge < -0.3 is 14.9 Å². The van der Waals surface area contributed by atoms with Crippen LogP contribution < -0.4 is 0 Å². The van der Waals surface area contributed by atoms with Crippen molar-refractivity contribution in [3.8, 4) is 0 Å². The molecule has 1 aromatic rings. The van der Waals surface area contributed by atoms with Crippen LogP contribution >= 0.6 is 0 Å². The van der Waals surface area contributed by atoms with Crippen LogP contribution in [0.1, 0.15) is 15.9 Å². The summed E-state index contributed by atoms with van der Waals surface area (Å²) >= 11 is 0. The van der Waals surface area contributed by atoms with E-state index in [0.29, 0.717) is 12.2 Å². The van der Waals surface area contributed by atoms with Gasteiger partial charge in [0, 0.05) is 5.56 Å². The molecule has 2 rings (SSSR count). The molecule has 14 heavy (non-hydrogen) atoms. The van der Waals surface area contributed by atoms with Gasteiger partial charge in [0.25, 0.3) is 0 Å². The fourth-order valence-electron chi connectivity index (χ4n) is 1.49. The molecule has 4 heteroatoms. The molecular formula is C10H10O4. The van der Waals surface area contributed by atoms with E-state index in [-0.39, 0.29) is 12.2 Å². The van der Waals surface area contributed by atoms with Crippen molar-refractivity contribution in [1.82, 2.24) is 0 Å². The Hall–Kier alpha value is -1.39. The number of aliphatic hydroxyl groups excluding tert-OH is 1. The van der Waals surface area contributed by atoms with Gasteiger partial charge in [-0.25, -0.2) is 4.79 Å². The van der Waals surface area contributed by atoms with Crippen molar-refractivity contribution >= 4 is 5.97 Å². The van der Waals surface area contributed by atoms with Gasteiger partial charge in [0.1, 0.15) is 5.60 Å². The first-order valence-corrected chi connectivity index (χ1v) is 4.27. The van der Waals surface area contributed by atoms with Crippen LogP contribution in [0.4, 0.5) is 0 Å². The van der Waals surface area contributed by atoms with Crippen LogP contribution in [-0.2, 0) is 10.3 Å². The van der Waals surface area contributed by atoms with Crippen LogP contribution in [0.15, 0.2) is 24.3 Å². The lowest BCUT2D eigenvalue weighted by Gasteiger charge is -2.11. The zero-order chi connectivity index (χ0) is 10.2. The number of aromatic carboxylic acids is 1. The molecule has 1 unspecified atom stereocenters. The summed E-state index contributed by atoms with van der Waals surface area (Å²) in [5.41, 5.74) is -0.0244. The lowest BCUT2D eigenvalue weighted by Crippen LogP contribution is -2.18. The number of carbonyl (C=O) groups is 1. The van der Waals surface area contributed by atoms with Crippen LogP contribution in [0.3, 0.4) is 0 Å². The van der Waals surface area contributed by atoms with Gasteiger partial charge >= 0.3 is 5.97 Å². The maximum absolute atomic E-state index is 10.9. The van der Waals surface area contributed by atoms with Crippen LogP contribution in [0.5, 0.6) is 0 Å². The summed E-state index contributed by atoms with van der Waals surface area (Å²) in [6.45, 7) is 0.199. The Bertz CT molecular complexity index is 368. The summed E-state index contributed by atoms with van der Waals surface area (Å²) in [4.78, 5) is 10.9. The number of epoxide rings is 1. The molecule has 1 saturated heterocycles. The van der Waals surface area contributed by atoms with E-state index in [2.05, 4.69) is 0 Å². The Morgan fingerprint density at radius 1 is 1.50 bits per heavy atom. The molecule has 0 radical (unpaired) electrons.